The van der Waals surface area contributed by atoms with E-state index in [2.05, 4.69) is 41.2 Å². The van der Waals surface area contributed by atoms with Gasteiger partial charge in [0.15, 0.2) is 0 Å². The van der Waals surface area contributed by atoms with Crippen LogP contribution in [0.1, 0.15) is 5.56 Å². The van der Waals surface area contributed by atoms with E-state index >= 15 is 0 Å². The summed E-state index contributed by atoms with van der Waals surface area (Å²) in [5.74, 6) is 3.11. The van der Waals surface area contributed by atoms with Crippen LogP contribution in [0.3, 0.4) is 0 Å². The average Bonchev–Trinajstić information content (AvgIpc) is 2.94. The first-order valence-corrected chi connectivity index (χ1v) is 10.8. The van der Waals surface area contributed by atoms with Gasteiger partial charge in [0, 0.05) is 6.20 Å². The van der Waals surface area contributed by atoms with Crippen LogP contribution in [0, 0.1) is 18.4 Å². The number of benzene rings is 3. The third-order valence-electron chi connectivity index (χ3n) is 5.08. The fourth-order valence-corrected chi connectivity index (χ4v) is 3.34. The predicted molar refractivity (Wildman–Crippen MR) is 136 cm³/mol. The molecular weight excluding hydrogens is 611 g/mol. The molecule has 2 heterocycles. The Bertz CT molecular complexity index is 1310. The van der Waals surface area contributed by atoms with Gasteiger partial charge in [0.25, 0.3) is 0 Å². The summed E-state index contributed by atoms with van der Waals surface area (Å²) in [5.41, 5.74) is 6.52. The Morgan fingerprint density at radius 1 is 0.743 bits per heavy atom. The molecule has 3 aromatic carbocycles. The zero-order valence-electron chi connectivity index (χ0n) is 19.1. The normalized spacial score (nSPS) is 9.60. The first-order valence-electron chi connectivity index (χ1n) is 10.8. The number of hydrogen-bond acceptors (Lipinski definition) is 3. The molecule has 0 bridgehead atoms. The first-order chi connectivity index (χ1) is 16.8. The quantitative estimate of drug-likeness (QED) is 0.160. The molecule has 0 atom stereocenters. The van der Waals surface area contributed by atoms with Crippen molar-refractivity contribution < 1.29 is 25.8 Å². The summed E-state index contributed by atoms with van der Waals surface area (Å²) in [4.78, 5) is 9.27. The van der Waals surface area contributed by atoms with Gasteiger partial charge in [-0.3, -0.25) is 15.9 Å². The molecule has 0 aliphatic rings. The standard InChI is InChI=1S/C23H17N2O.C8H5.Pt/c1-26-20-12-10-17(11-13-20)19-15-22(18-7-3-2-4-8-18)25-23(16-19)21-9-5-6-14-24-21;1-2-8-6-4-3-5-7-8;/h2-7,9-16H,1H3;3-7H;/q2*-1;+2. The molecule has 0 aliphatic carbocycles. The Balaban J connectivity index is 0.000000325. The molecule has 2 aromatic heterocycles. The van der Waals surface area contributed by atoms with Crippen molar-refractivity contribution in [1.82, 2.24) is 9.97 Å². The van der Waals surface area contributed by atoms with Crippen LogP contribution >= 0.6 is 0 Å². The van der Waals surface area contributed by atoms with E-state index in [1.807, 2.05) is 84.9 Å². The maximum Gasteiger partial charge on any atom is 2.00 e. The van der Waals surface area contributed by atoms with Gasteiger partial charge in [-0.25, -0.2) is 0 Å². The van der Waals surface area contributed by atoms with E-state index in [0.29, 0.717) is 0 Å². The molecule has 0 amide bonds. The Kier molecular flexibility index (Phi) is 9.55. The molecule has 0 spiro atoms. The summed E-state index contributed by atoms with van der Waals surface area (Å²) >= 11 is 0. The molecule has 0 radical (unpaired) electrons. The van der Waals surface area contributed by atoms with E-state index < -0.39 is 0 Å². The smallest absolute Gasteiger partial charge is 0.497 e. The number of aromatic nitrogens is 2. The summed E-state index contributed by atoms with van der Waals surface area (Å²) in [7, 11) is 1.67. The van der Waals surface area contributed by atoms with Crippen LogP contribution in [0.15, 0.2) is 115 Å². The average molecular weight is 634 g/mol. The Hall–Kier alpha value is -3.99. The second kappa shape index (κ2) is 13.0. The number of nitrogens with zero attached hydrogens (tertiary/aromatic N) is 2. The van der Waals surface area contributed by atoms with Crippen molar-refractivity contribution in [2.24, 2.45) is 0 Å². The van der Waals surface area contributed by atoms with Gasteiger partial charge < -0.3 is 11.2 Å². The molecular formula is C31H22N2OPt. The van der Waals surface area contributed by atoms with Crippen molar-refractivity contribution in [3.05, 3.63) is 133 Å². The van der Waals surface area contributed by atoms with E-state index in [1.165, 1.54) is 0 Å². The van der Waals surface area contributed by atoms with E-state index in [4.69, 9.17) is 16.1 Å². The number of ether oxygens (including phenoxy) is 1. The molecule has 5 aromatic rings. The van der Waals surface area contributed by atoms with Crippen molar-refractivity contribution in [2.45, 2.75) is 0 Å². The van der Waals surface area contributed by atoms with Crippen LogP contribution < -0.4 is 4.74 Å². The minimum atomic E-state index is 0. The van der Waals surface area contributed by atoms with Gasteiger partial charge in [-0.05, 0) is 47.2 Å². The summed E-state index contributed by atoms with van der Waals surface area (Å²) in [5, 5.41) is 0. The fraction of sp³-hybridized carbons (Fsp3) is 0.0323. The van der Waals surface area contributed by atoms with E-state index in [1.54, 1.807) is 13.3 Å². The van der Waals surface area contributed by atoms with Crippen molar-refractivity contribution in [3.8, 4) is 45.4 Å². The molecule has 3 nitrogen and oxygen atoms in total. The Labute approximate surface area is 221 Å². The first kappa shape index (κ1) is 25.6. The zero-order valence-corrected chi connectivity index (χ0v) is 21.4. The molecule has 172 valence electrons. The summed E-state index contributed by atoms with van der Waals surface area (Å²) in [6, 6.07) is 38.5. The molecule has 0 fully saturated rings. The van der Waals surface area contributed by atoms with Gasteiger partial charge >= 0.3 is 21.1 Å². The van der Waals surface area contributed by atoms with Gasteiger partial charge in [0.1, 0.15) is 5.75 Å². The zero-order chi connectivity index (χ0) is 23.6. The molecule has 0 N–H and O–H groups in total. The minimum absolute atomic E-state index is 0. The SMILES string of the molecule is COc1ccc(-c2cc(-c3[c-]cccc3)nc(-c3ccccn3)c2)cc1.[C-]#Cc1ccccc1.[Pt+2]. The van der Waals surface area contributed by atoms with E-state index in [9.17, 15) is 0 Å². The monoisotopic (exact) mass is 633 g/mol. The van der Waals surface area contributed by atoms with Gasteiger partial charge in [0.2, 0.25) is 0 Å². The molecule has 35 heavy (non-hydrogen) atoms. The number of methoxy groups -OCH3 is 1. The van der Waals surface area contributed by atoms with Gasteiger partial charge in [-0.1, -0.05) is 42.5 Å². The maximum absolute atomic E-state index is 6.69. The third kappa shape index (κ3) is 7.00. The topological polar surface area (TPSA) is 35.0 Å². The fourth-order valence-electron chi connectivity index (χ4n) is 3.34. The van der Waals surface area contributed by atoms with Crippen LogP contribution in [-0.4, -0.2) is 17.1 Å². The van der Waals surface area contributed by atoms with Crippen LogP contribution in [0.5, 0.6) is 5.75 Å². The number of pyridine rings is 2. The van der Waals surface area contributed by atoms with Crippen LogP contribution in [0.2, 0.25) is 0 Å². The molecule has 0 aliphatic heterocycles. The molecule has 5 rings (SSSR count). The summed E-state index contributed by atoms with van der Waals surface area (Å²) in [6.45, 7) is 0. The predicted octanol–water partition coefficient (Wildman–Crippen LogP) is 6.91. The largest absolute Gasteiger partial charge is 2.00 e. The molecule has 0 unspecified atom stereocenters. The van der Waals surface area contributed by atoms with E-state index in [0.717, 1.165) is 45.1 Å². The minimum Gasteiger partial charge on any atom is -0.497 e. The van der Waals surface area contributed by atoms with Crippen LogP contribution in [0.4, 0.5) is 0 Å². The second-order valence-electron chi connectivity index (χ2n) is 7.34. The van der Waals surface area contributed by atoms with E-state index in [-0.39, 0.29) is 21.1 Å². The van der Waals surface area contributed by atoms with Gasteiger partial charge in [-0.15, -0.1) is 53.6 Å². The van der Waals surface area contributed by atoms with Gasteiger partial charge in [-0.2, -0.15) is 0 Å². The maximum atomic E-state index is 6.69. The number of rotatable bonds is 4. The summed E-state index contributed by atoms with van der Waals surface area (Å²) < 4.78 is 5.26. The molecule has 0 saturated carbocycles. The van der Waals surface area contributed by atoms with Crippen molar-refractivity contribution >= 4 is 0 Å². The molecule has 0 saturated heterocycles. The van der Waals surface area contributed by atoms with Crippen molar-refractivity contribution in [2.75, 3.05) is 7.11 Å². The van der Waals surface area contributed by atoms with Crippen molar-refractivity contribution in [3.63, 3.8) is 0 Å². The van der Waals surface area contributed by atoms with Crippen molar-refractivity contribution in [1.29, 1.82) is 0 Å². The summed E-state index contributed by atoms with van der Waals surface area (Å²) in [6.07, 6.45) is 8.48. The number of hydrogen-bond donors (Lipinski definition) is 0. The van der Waals surface area contributed by atoms with Gasteiger partial charge in [0.05, 0.1) is 18.5 Å². The Morgan fingerprint density at radius 2 is 1.46 bits per heavy atom. The Morgan fingerprint density at radius 3 is 2.06 bits per heavy atom. The molecule has 4 heteroatoms. The van der Waals surface area contributed by atoms with Crippen LogP contribution in [-0.2, 0) is 21.1 Å². The third-order valence-corrected chi connectivity index (χ3v) is 5.08. The van der Waals surface area contributed by atoms with Crippen LogP contribution in [0.25, 0.3) is 33.8 Å². The second-order valence-corrected chi connectivity index (χ2v) is 7.34.